The largest absolute Gasteiger partial charge is 0.488 e. The second-order valence-corrected chi connectivity index (χ2v) is 3.94. The van der Waals surface area contributed by atoms with Crippen molar-refractivity contribution in [2.45, 2.75) is 25.4 Å². The van der Waals surface area contributed by atoms with Gasteiger partial charge in [-0.25, -0.2) is 0 Å². The molecule has 3 nitrogen and oxygen atoms in total. The Balaban J connectivity index is 1.97. The van der Waals surface area contributed by atoms with Crippen molar-refractivity contribution in [1.29, 1.82) is 5.26 Å². The Hall–Kier alpha value is -1.53. The zero-order valence-corrected chi connectivity index (χ0v) is 9.19. The first-order valence-corrected chi connectivity index (χ1v) is 5.59. The lowest BCUT2D eigenvalue weighted by molar-refractivity contribution is 0.00741. The molecule has 3 heteroatoms. The van der Waals surface area contributed by atoms with Gasteiger partial charge >= 0.3 is 0 Å². The summed E-state index contributed by atoms with van der Waals surface area (Å²) in [6.45, 7) is 1.51. The lowest BCUT2D eigenvalue weighted by Crippen LogP contribution is -2.27. The molecule has 0 amide bonds. The van der Waals surface area contributed by atoms with Gasteiger partial charge in [0.15, 0.2) is 0 Å². The van der Waals surface area contributed by atoms with Gasteiger partial charge in [-0.05, 0) is 30.5 Å². The molecule has 1 unspecified atom stereocenters. The van der Waals surface area contributed by atoms with Crippen LogP contribution in [0.2, 0.25) is 0 Å². The van der Waals surface area contributed by atoms with E-state index in [1.165, 1.54) is 0 Å². The highest BCUT2D eigenvalue weighted by Crippen LogP contribution is 2.18. The van der Waals surface area contributed by atoms with Crippen LogP contribution in [-0.4, -0.2) is 19.3 Å². The van der Waals surface area contributed by atoms with Gasteiger partial charge in [0.05, 0.1) is 19.1 Å². The average Bonchev–Trinajstić information content (AvgIpc) is 2.31. The van der Waals surface area contributed by atoms with E-state index in [0.717, 1.165) is 30.8 Å². The second kappa shape index (κ2) is 5.53. The summed E-state index contributed by atoms with van der Waals surface area (Å²) >= 11 is 0. The monoisotopic (exact) mass is 217 g/mol. The molecule has 1 aromatic rings. The molecule has 0 N–H and O–H groups in total. The van der Waals surface area contributed by atoms with Crippen LogP contribution < -0.4 is 4.74 Å². The van der Waals surface area contributed by atoms with Crippen molar-refractivity contribution in [3.05, 3.63) is 29.8 Å². The van der Waals surface area contributed by atoms with E-state index < -0.39 is 0 Å². The normalized spacial score (nSPS) is 20.1. The minimum atomic E-state index is 0.158. The van der Waals surface area contributed by atoms with E-state index in [1.54, 1.807) is 0 Å². The number of nitrogens with zero attached hydrogens (tertiary/aromatic N) is 1. The highest BCUT2D eigenvalue weighted by molar-refractivity contribution is 5.30. The van der Waals surface area contributed by atoms with Crippen molar-refractivity contribution in [2.24, 2.45) is 0 Å². The molecule has 1 heterocycles. The van der Waals surface area contributed by atoms with Crippen molar-refractivity contribution in [3.63, 3.8) is 0 Å². The molecule has 1 aliphatic heterocycles. The first-order chi connectivity index (χ1) is 7.88. The van der Waals surface area contributed by atoms with E-state index in [0.29, 0.717) is 13.0 Å². The van der Waals surface area contributed by atoms with E-state index in [-0.39, 0.29) is 6.10 Å². The number of rotatable bonds is 3. The molecule has 2 rings (SSSR count). The second-order valence-electron chi connectivity index (χ2n) is 3.94. The molecule has 1 atom stereocenters. The number of nitriles is 1. The van der Waals surface area contributed by atoms with Crippen LogP contribution in [0, 0.1) is 11.3 Å². The standard InChI is InChI=1S/C13H15NO2/c14-7-6-11-3-1-4-12(9-11)16-13-5-2-8-15-10-13/h1,3-4,9,13H,2,5-6,8,10H2. The van der Waals surface area contributed by atoms with E-state index in [2.05, 4.69) is 6.07 Å². The molecule has 0 bridgehead atoms. The van der Waals surface area contributed by atoms with Gasteiger partial charge in [0.1, 0.15) is 11.9 Å². The summed E-state index contributed by atoms with van der Waals surface area (Å²) in [5.41, 5.74) is 0.997. The highest BCUT2D eigenvalue weighted by atomic mass is 16.5. The summed E-state index contributed by atoms with van der Waals surface area (Å²) in [5.74, 6) is 0.836. The van der Waals surface area contributed by atoms with Crippen LogP contribution in [0.4, 0.5) is 0 Å². The third-order valence-corrected chi connectivity index (χ3v) is 2.60. The molecule has 1 aliphatic rings. The van der Waals surface area contributed by atoms with E-state index in [9.17, 15) is 0 Å². The minimum Gasteiger partial charge on any atom is -0.488 e. The molecule has 84 valence electrons. The molecule has 1 saturated heterocycles. The molecule has 1 aromatic carbocycles. The van der Waals surface area contributed by atoms with Crippen molar-refractivity contribution >= 4 is 0 Å². The van der Waals surface area contributed by atoms with Crippen LogP contribution in [0.3, 0.4) is 0 Å². The van der Waals surface area contributed by atoms with Crippen LogP contribution in [0.5, 0.6) is 5.75 Å². The van der Waals surface area contributed by atoms with Crippen molar-refractivity contribution in [1.82, 2.24) is 0 Å². The molecule has 16 heavy (non-hydrogen) atoms. The van der Waals surface area contributed by atoms with Gasteiger partial charge in [0, 0.05) is 6.61 Å². The van der Waals surface area contributed by atoms with Crippen LogP contribution in [0.1, 0.15) is 18.4 Å². The Morgan fingerprint density at radius 2 is 2.44 bits per heavy atom. The first-order valence-electron chi connectivity index (χ1n) is 5.59. The Labute approximate surface area is 95.6 Å². The maximum absolute atomic E-state index is 8.62. The molecule has 1 fully saturated rings. The van der Waals surface area contributed by atoms with Crippen molar-refractivity contribution in [3.8, 4) is 11.8 Å². The smallest absolute Gasteiger partial charge is 0.122 e. The fraction of sp³-hybridized carbons (Fsp3) is 0.462. The Morgan fingerprint density at radius 1 is 1.50 bits per heavy atom. The summed E-state index contributed by atoms with van der Waals surface area (Å²) in [6.07, 6.45) is 2.69. The fourth-order valence-corrected chi connectivity index (χ4v) is 1.82. The van der Waals surface area contributed by atoms with Crippen LogP contribution in [0.15, 0.2) is 24.3 Å². The molecule has 0 aliphatic carbocycles. The summed E-state index contributed by atoms with van der Waals surface area (Å²) in [7, 11) is 0. The highest BCUT2D eigenvalue weighted by Gasteiger charge is 2.15. The van der Waals surface area contributed by atoms with Gasteiger partial charge in [-0.15, -0.1) is 0 Å². The average molecular weight is 217 g/mol. The maximum Gasteiger partial charge on any atom is 0.122 e. The molecular weight excluding hydrogens is 202 g/mol. The van der Waals surface area contributed by atoms with Crippen LogP contribution in [0.25, 0.3) is 0 Å². The van der Waals surface area contributed by atoms with Gasteiger partial charge in [0.25, 0.3) is 0 Å². The fourth-order valence-electron chi connectivity index (χ4n) is 1.82. The maximum atomic E-state index is 8.62. The van der Waals surface area contributed by atoms with E-state index >= 15 is 0 Å². The topological polar surface area (TPSA) is 42.2 Å². The number of benzene rings is 1. The van der Waals surface area contributed by atoms with Gasteiger partial charge in [-0.2, -0.15) is 5.26 Å². The van der Waals surface area contributed by atoms with Gasteiger partial charge in [0.2, 0.25) is 0 Å². The predicted octanol–water partition coefficient (Wildman–Crippen LogP) is 2.31. The zero-order chi connectivity index (χ0) is 11.2. The van der Waals surface area contributed by atoms with Crippen molar-refractivity contribution < 1.29 is 9.47 Å². The summed E-state index contributed by atoms with van der Waals surface area (Å²) < 4.78 is 11.2. The van der Waals surface area contributed by atoms with Gasteiger partial charge in [-0.3, -0.25) is 0 Å². The first kappa shape index (κ1) is 11.0. The SMILES string of the molecule is N#CCc1cccc(OC2CCCOC2)c1. The third-order valence-electron chi connectivity index (χ3n) is 2.60. The number of ether oxygens (including phenoxy) is 2. The quantitative estimate of drug-likeness (QED) is 0.780. The van der Waals surface area contributed by atoms with Gasteiger partial charge < -0.3 is 9.47 Å². The lowest BCUT2D eigenvalue weighted by atomic mass is 10.1. The van der Waals surface area contributed by atoms with Crippen molar-refractivity contribution in [2.75, 3.05) is 13.2 Å². The lowest BCUT2D eigenvalue weighted by Gasteiger charge is -2.23. The summed E-state index contributed by atoms with van der Waals surface area (Å²) in [4.78, 5) is 0. The Kier molecular flexibility index (Phi) is 3.79. The van der Waals surface area contributed by atoms with E-state index in [1.807, 2.05) is 24.3 Å². The molecule has 0 radical (unpaired) electrons. The van der Waals surface area contributed by atoms with E-state index in [4.69, 9.17) is 14.7 Å². The minimum absolute atomic E-state index is 0.158. The Bertz CT molecular complexity index is 378. The predicted molar refractivity (Wildman–Crippen MR) is 60.2 cm³/mol. The van der Waals surface area contributed by atoms with Crippen LogP contribution in [-0.2, 0) is 11.2 Å². The molecular formula is C13H15NO2. The molecule has 0 spiro atoms. The third kappa shape index (κ3) is 2.98. The summed E-state index contributed by atoms with van der Waals surface area (Å²) in [5, 5.41) is 8.62. The molecule has 0 saturated carbocycles. The molecule has 0 aromatic heterocycles. The summed E-state index contributed by atoms with van der Waals surface area (Å²) in [6, 6.07) is 9.85. The number of hydrogen-bond acceptors (Lipinski definition) is 3. The number of hydrogen-bond donors (Lipinski definition) is 0. The van der Waals surface area contributed by atoms with Crippen LogP contribution >= 0.6 is 0 Å². The van der Waals surface area contributed by atoms with Gasteiger partial charge in [-0.1, -0.05) is 12.1 Å². The zero-order valence-electron chi connectivity index (χ0n) is 9.19. The Morgan fingerprint density at radius 3 is 3.19 bits per heavy atom.